The lowest BCUT2D eigenvalue weighted by atomic mass is 10.1. The number of carbonyl (C=O) groups is 1. The molecule has 25 heavy (non-hydrogen) atoms. The van der Waals surface area contributed by atoms with E-state index in [1.165, 1.54) is 0 Å². The van der Waals surface area contributed by atoms with Crippen molar-refractivity contribution in [3.8, 4) is 0 Å². The minimum atomic E-state index is -0.0709. The molecular weight excluding hydrogens is 431 g/mol. The number of aliphatic hydroxyl groups excluding tert-OH is 1. The van der Waals surface area contributed by atoms with E-state index in [0.29, 0.717) is 12.1 Å². The third-order valence-electron chi connectivity index (χ3n) is 4.33. The fourth-order valence-corrected chi connectivity index (χ4v) is 2.47. The van der Waals surface area contributed by atoms with E-state index >= 15 is 0 Å². The molecule has 0 saturated heterocycles. The molecule has 0 spiro atoms. The molecule has 1 saturated carbocycles. The molecule has 4 N–H and O–H groups in total. The smallest absolute Gasteiger partial charge is 0.251 e. The highest BCUT2D eigenvalue weighted by molar-refractivity contribution is 14.0. The molecule has 140 valence electrons. The van der Waals surface area contributed by atoms with Crippen LogP contribution in [0.4, 0.5) is 0 Å². The Morgan fingerprint density at radius 3 is 2.68 bits per heavy atom. The van der Waals surface area contributed by atoms with Gasteiger partial charge in [0.2, 0.25) is 0 Å². The van der Waals surface area contributed by atoms with Crippen LogP contribution in [0.2, 0.25) is 0 Å². The van der Waals surface area contributed by atoms with Crippen LogP contribution in [0.25, 0.3) is 0 Å². The third-order valence-corrected chi connectivity index (χ3v) is 4.33. The Labute approximate surface area is 166 Å². The topological polar surface area (TPSA) is 85.8 Å². The molecule has 0 aromatic heterocycles. The van der Waals surface area contributed by atoms with Crippen molar-refractivity contribution in [2.45, 2.75) is 26.2 Å². The van der Waals surface area contributed by atoms with Crippen LogP contribution in [0.5, 0.6) is 0 Å². The van der Waals surface area contributed by atoms with Gasteiger partial charge in [0, 0.05) is 31.1 Å². The Hall–Kier alpha value is -1.35. The van der Waals surface area contributed by atoms with Crippen LogP contribution in [-0.4, -0.2) is 50.3 Å². The molecule has 0 heterocycles. The number of benzene rings is 1. The first-order chi connectivity index (χ1) is 11.6. The molecule has 0 bridgehead atoms. The summed E-state index contributed by atoms with van der Waals surface area (Å²) in [6.45, 7) is 4.43. The van der Waals surface area contributed by atoms with E-state index in [1.54, 1.807) is 7.05 Å². The van der Waals surface area contributed by atoms with E-state index in [-0.39, 0.29) is 41.9 Å². The van der Waals surface area contributed by atoms with Crippen molar-refractivity contribution in [3.05, 3.63) is 35.4 Å². The number of carbonyl (C=O) groups excluding carboxylic acids is 1. The number of nitrogens with zero attached hydrogens (tertiary/aromatic N) is 1. The van der Waals surface area contributed by atoms with Gasteiger partial charge in [0.1, 0.15) is 0 Å². The van der Waals surface area contributed by atoms with Crippen molar-refractivity contribution in [3.63, 3.8) is 0 Å². The molecule has 1 aliphatic carbocycles. The Bertz CT molecular complexity index is 588. The van der Waals surface area contributed by atoms with Gasteiger partial charge in [-0.05, 0) is 43.9 Å². The summed E-state index contributed by atoms with van der Waals surface area (Å²) in [7, 11) is 1.63. The molecule has 7 heteroatoms. The lowest BCUT2D eigenvalue weighted by Crippen LogP contribution is -2.39. The normalized spacial score (nSPS) is 15.1. The van der Waals surface area contributed by atoms with Crippen molar-refractivity contribution in [2.75, 3.05) is 33.3 Å². The molecule has 6 nitrogen and oxygen atoms in total. The molecule has 0 atom stereocenters. The van der Waals surface area contributed by atoms with E-state index in [1.807, 2.05) is 31.2 Å². The summed E-state index contributed by atoms with van der Waals surface area (Å²) in [4.78, 5) is 16.2. The lowest BCUT2D eigenvalue weighted by Gasteiger charge is -2.14. The molecule has 0 unspecified atom stereocenters. The third kappa shape index (κ3) is 6.81. The number of halogens is 1. The molecule has 1 amide bonds. The van der Waals surface area contributed by atoms with E-state index in [4.69, 9.17) is 0 Å². The average Bonchev–Trinajstić information content (AvgIpc) is 3.40. The molecule has 0 aliphatic heterocycles. The lowest BCUT2D eigenvalue weighted by molar-refractivity contribution is 0.0963. The average molecular weight is 460 g/mol. The zero-order valence-electron chi connectivity index (χ0n) is 15.0. The number of aliphatic hydroxyl groups is 1. The fraction of sp³-hybridized carbons (Fsp3) is 0.556. The van der Waals surface area contributed by atoms with Crippen LogP contribution in [0.15, 0.2) is 29.3 Å². The van der Waals surface area contributed by atoms with Gasteiger partial charge in [-0.2, -0.15) is 0 Å². The highest BCUT2D eigenvalue weighted by Gasteiger charge is 2.41. The first-order valence-electron chi connectivity index (χ1n) is 8.56. The van der Waals surface area contributed by atoms with E-state index in [0.717, 1.165) is 43.9 Å². The van der Waals surface area contributed by atoms with E-state index in [9.17, 15) is 9.90 Å². The number of rotatable bonds is 8. The largest absolute Gasteiger partial charge is 0.396 e. The van der Waals surface area contributed by atoms with Gasteiger partial charge in [-0.1, -0.05) is 12.1 Å². The van der Waals surface area contributed by atoms with Crippen molar-refractivity contribution < 1.29 is 9.90 Å². The van der Waals surface area contributed by atoms with Crippen LogP contribution in [0, 0.1) is 5.41 Å². The zero-order chi connectivity index (χ0) is 17.4. The second kappa shape index (κ2) is 10.6. The first kappa shape index (κ1) is 21.7. The monoisotopic (exact) mass is 460 g/mol. The number of nitrogens with one attached hydrogen (secondary N) is 3. The van der Waals surface area contributed by atoms with Crippen LogP contribution >= 0.6 is 24.0 Å². The fourth-order valence-electron chi connectivity index (χ4n) is 2.47. The summed E-state index contributed by atoms with van der Waals surface area (Å²) in [6, 6.07) is 7.64. The Morgan fingerprint density at radius 2 is 2.08 bits per heavy atom. The number of hydrogen-bond acceptors (Lipinski definition) is 3. The second-order valence-electron chi connectivity index (χ2n) is 6.31. The molecule has 2 rings (SSSR count). The predicted molar refractivity (Wildman–Crippen MR) is 112 cm³/mol. The number of guanidine groups is 1. The number of aliphatic imine (C=N–C) groups is 1. The van der Waals surface area contributed by atoms with Gasteiger partial charge < -0.3 is 21.1 Å². The molecule has 1 aromatic rings. The van der Waals surface area contributed by atoms with Gasteiger partial charge in [-0.15, -0.1) is 24.0 Å². The SMILES string of the molecule is CCNC(=NCC1(CO)CC1)NCCc1cccc(C(=O)NC)c1.I. The van der Waals surface area contributed by atoms with Crippen LogP contribution < -0.4 is 16.0 Å². The minimum absolute atomic E-state index is 0. The number of amides is 1. The van der Waals surface area contributed by atoms with Gasteiger partial charge in [0.05, 0.1) is 13.2 Å². The summed E-state index contributed by atoms with van der Waals surface area (Å²) in [6.07, 6.45) is 2.91. The Kier molecular flexibility index (Phi) is 9.20. The first-order valence-corrected chi connectivity index (χ1v) is 8.56. The quantitative estimate of drug-likeness (QED) is 0.269. The van der Waals surface area contributed by atoms with Crippen molar-refractivity contribution in [1.29, 1.82) is 0 Å². The minimum Gasteiger partial charge on any atom is -0.396 e. The van der Waals surface area contributed by atoms with Crippen molar-refractivity contribution in [1.82, 2.24) is 16.0 Å². The van der Waals surface area contributed by atoms with Crippen LogP contribution in [-0.2, 0) is 6.42 Å². The summed E-state index contributed by atoms with van der Waals surface area (Å²) in [5.41, 5.74) is 1.80. The maximum atomic E-state index is 11.7. The van der Waals surface area contributed by atoms with Gasteiger partial charge >= 0.3 is 0 Å². The van der Waals surface area contributed by atoms with Gasteiger partial charge in [0.25, 0.3) is 5.91 Å². The number of hydrogen-bond donors (Lipinski definition) is 4. The van der Waals surface area contributed by atoms with E-state index in [2.05, 4.69) is 20.9 Å². The summed E-state index contributed by atoms with van der Waals surface area (Å²) in [5, 5.41) is 18.5. The summed E-state index contributed by atoms with van der Waals surface area (Å²) >= 11 is 0. The maximum absolute atomic E-state index is 11.7. The second-order valence-corrected chi connectivity index (χ2v) is 6.31. The Morgan fingerprint density at radius 1 is 1.32 bits per heavy atom. The molecule has 1 fully saturated rings. The molecule has 1 aliphatic rings. The van der Waals surface area contributed by atoms with Gasteiger partial charge in [-0.3, -0.25) is 9.79 Å². The molecule has 0 radical (unpaired) electrons. The van der Waals surface area contributed by atoms with E-state index < -0.39 is 0 Å². The predicted octanol–water partition coefficient (Wildman–Crippen LogP) is 1.53. The van der Waals surface area contributed by atoms with Gasteiger partial charge in [-0.25, -0.2) is 0 Å². The molecular formula is C18H29IN4O2. The van der Waals surface area contributed by atoms with Crippen LogP contribution in [0.1, 0.15) is 35.7 Å². The Balaban J connectivity index is 0.00000312. The van der Waals surface area contributed by atoms with Crippen molar-refractivity contribution >= 4 is 35.8 Å². The summed E-state index contributed by atoms with van der Waals surface area (Å²) in [5.74, 6) is 0.707. The highest BCUT2D eigenvalue weighted by Crippen LogP contribution is 2.45. The van der Waals surface area contributed by atoms with Crippen LogP contribution in [0.3, 0.4) is 0 Å². The zero-order valence-corrected chi connectivity index (χ0v) is 17.3. The maximum Gasteiger partial charge on any atom is 0.251 e. The summed E-state index contributed by atoms with van der Waals surface area (Å²) < 4.78 is 0. The van der Waals surface area contributed by atoms with Gasteiger partial charge in [0.15, 0.2) is 5.96 Å². The highest BCUT2D eigenvalue weighted by atomic mass is 127. The van der Waals surface area contributed by atoms with Crippen molar-refractivity contribution in [2.24, 2.45) is 10.4 Å². The molecule has 1 aromatic carbocycles. The standard InChI is InChI=1S/C18H28N4O2.HI/c1-3-20-17(22-12-18(13-23)8-9-18)21-10-7-14-5-4-6-15(11-14)16(24)19-2;/h4-6,11,23H,3,7-10,12-13H2,1-2H3,(H,19,24)(H2,20,21,22);1H.